The molecule has 2 aromatic heterocycles. The zero-order valence-corrected chi connectivity index (χ0v) is 16.0. The van der Waals surface area contributed by atoms with E-state index in [9.17, 15) is 4.79 Å². The summed E-state index contributed by atoms with van der Waals surface area (Å²) in [4.78, 5) is 29.7. The SMILES string of the molecule is Cc1cccc(NC(=O)N2CCN(c3cc(-n4ccnc4)nc(C)n3)CC2)c1. The lowest BCUT2D eigenvalue weighted by Crippen LogP contribution is -2.50. The Kier molecular flexibility index (Phi) is 4.92. The summed E-state index contributed by atoms with van der Waals surface area (Å²) in [5.41, 5.74) is 1.94. The van der Waals surface area contributed by atoms with Gasteiger partial charge in [-0.05, 0) is 31.5 Å². The van der Waals surface area contributed by atoms with Crippen LogP contribution in [-0.4, -0.2) is 56.6 Å². The van der Waals surface area contributed by atoms with Crippen LogP contribution < -0.4 is 10.2 Å². The van der Waals surface area contributed by atoms with Crippen molar-refractivity contribution in [3.05, 3.63) is 60.4 Å². The van der Waals surface area contributed by atoms with Gasteiger partial charge in [-0.1, -0.05) is 12.1 Å². The second kappa shape index (κ2) is 7.67. The standard InChI is InChI=1S/C20H23N7O/c1-15-4-3-5-17(12-15)24-20(28)26-10-8-25(9-11-26)18-13-19(23-16(2)22-18)27-7-6-21-14-27/h3-7,12-14H,8-11H2,1-2H3,(H,24,28). The second-order valence-electron chi connectivity index (χ2n) is 6.88. The summed E-state index contributed by atoms with van der Waals surface area (Å²) in [5, 5.41) is 2.98. The Hall–Kier alpha value is -3.42. The molecule has 0 unspecified atom stereocenters. The number of nitrogens with one attached hydrogen (secondary N) is 1. The van der Waals surface area contributed by atoms with E-state index < -0.39 is 0 Å². The van der Waals surface area contributed by atoms with Gasteiger partial charge in [0.05, 0.1) is 0 Å². The monoisotopic (exact) mass is 377 g/mol. The van der Waals surface area contributed by atoms with E-state index in [1.165, 1.54) is 0 Å². The van der Waals surface area contributed by atoms with Crippen molar-refractivity contribution in [3.63, 3.8) is 0 Å². The predicted molar refractivity (Wildman–Crippen MR) is 108 cm³/mol. The quantitative estimate of drug-likeness (QED) is 0.759. The van der Waals surface area contributed by atoms with Gasteiger partial charge >= 0.3 is 6.03 Å². The van der Waals surface area contributed by atoms with Gasteiger partial charge in [0.1, 0.15) is 23.8 Å². The molecular weight excluding hydrogens is 354 g/mol. The van der Waals surface area contributed by atoms with E-state index in [1.807, 2.05) is 59.8 Å². The summed E-state index contributed by atoms with van der Waals surface area (Å²) in [7, 11) is 0. The number of imidazole rings is 1. The first-order valence-corrected chi connectivity index (χ1v) is 9.30. The van der Waals surface area contributed by atoms with E-state index in [0.29, 0.717) is 18.9 Å². The number of urea groups is 1. The van der Waals surface area contributed by atoms with Gasteiger partial charge in [-0.25, -0.2) is 19.7 Å². The number of carbonyl (C=O) groups is 1. The fourth-order valence-electron chi connectivity index (χ4n) is 3.29. The molecule has 8 heteroatoms. The Balaban J connectivity index is 1.41. The molecule has 0 saturated carbocycles. The molecule has 8 nitrogen and oxygen atoms in total. The maximum atomic E-state index is 12.5. The van der Waals surface area contributed by atoms with Crippen LogP contribution in [0.4, 0.5) is 16.3 Å². The van der Waals surface area contributed by atoms with Crippen molar-refractivity contribution in [3.8, 4) is 5.82 Å². The number of hydrogen-bond donors (Lipinski definition) is 1. The van der Waals surface area contributed by atoms with Gasteiger partial charge < -0.3 is 15.1 Å². The molecule has 1 fully saturated rings. The fraction of sp³-hybridized carbons (Fsp3) is 0.300. The van der Waals surface area contributed by atoms with Gasteiger partial charge in [-0.3, -0.25) is 4.57 Å². The molecule has 0 spiro atoms. The number of anilines is 2. The van der Waals surface area contributed by atoms with E-state index in [1.54, 1.807) is 12.5 Å². The molecule has 2 amide bonds. The number of aryl methyl sites for hydroxylation is 2. The van der Waals surface area contributed by atoms with Gasteiger partial charge in [-0.15, -0.1) is 0 Å². The predicted octanol–water partition coefficient (Wildman–Crippen LogP) is 2.63. The lowest BCUT2D eigenvalue weighted by atomic mass is 10.2. The van der Waals surface area contributed by atoms with Crippen molar-refractivity contribution >= 4 is 17.5 Å². The summed E-state index contributed by atoms with van der Waals surface area (Å²) in [5.74, 6) is 2.37. The molecule has 4 rings (SSSR count). The fourth-order valence-corrected chi connectivity index (χ4v) is 3.29. The molecule has 1 saturated heterocycles. The maximum absolute atomic E-state index is 12.5. The van der Waals surface area contributed by atoms with Gasteiger partial charge in [0.25, 0.3) is 0 Å². The van der Waals surface area contributed by atoms with E-state index in [-0.39, 0.29) is 6.03 Å². The van der Waals surface area contributed by atoms with Crippen molar-refractivity contribution in [2.45, 2.75) is 13.8 Å². The van der Waals surface area contributed by atoms with Crippen molar-refractivity contribution in [2.75, 3.05) is 36.4 Å². The van der Waals surface area contributed by atoms with Crippen LogP contribution in [0.3, 0.4) is 0 Å². The molecule has 0 atom stereocenters. The minimum Gasteiger partial charge on any atom is -0.353 e. The topological polar surface area (TPSA) is 79.2 Å². The van der Waals surface area contributed by atoms with Crippen molar-refractivity contribution < 1.29 is 4.79 Å². The number of benzene rings is 1. The van der Waals surface area contributed by atoms with E-state index >= 15 is 0 Å². The molecular formula is C20H23N7O. The molecule has 0 aliphatic carbocycles. The van der Waals surface area contributed by atoms with Crippen LogP contribution >= 0.6 is 0 Å². The summed E-state index contributed by atoms with van der Waals surface area (Å²) < 4.78 is 1.86. The first-order chi connectivity index (χ1) is 13.6. The van der Waals surface area contributed by atoms with Gasteiger partial charge in [0, 0.05) is 50.3 Å². The number of piperazine rings is 1. The highest BCUT2D eigenvalue weighted by atomic mass is 16.2. The largest absolute Gasteiger partial charge is 0.353 e. The van der Waals surface area contributed by atoms with E-state index in [4.69, 9.17) is 0 Å². The third-order valence-electron chi connectivity index (χ3n) is 4.74. The molecule has 3 aromatic rings. The zero-order chi connectivity index (χ0) is 19.5. The van der Waals surface area contributed by atoms with Crippen LogP contribution in [0.15, 0.2) is 49.1 Å². The molecule has 1 aliphatic heterocycles. The molecule has 3 heterocycles. The Morgan fingerprint density at radius 1 is 1.04 bits per heavy atom. The molecule has 28 heavy (non-hydrogen) atoms. The number of carbonyl (C=O) groups excluding carboxylic acids is 1. The molecule has 1 N–H and O–H groups in total. The average Bonchev–Trinajstić information content (AvgIpc) is 3.22. The summed E-state index contributed by atoms with van der Waals surface area (Å²) >= 11 is 0. The third-order valence-corrected chi connectivity index (χ3v) is 4.74. The molecule has 1 aliphatic rings. The van der Waals surface area contributed by atoms with Crippen LogP contribution in [-0.2, 0) is 0 Å². The lowest BCUT2D eigenvalue weighted by molar-refractivity contribution is 0.208. The molecule has 144 valence electrons. The molecule has 1 aromatic carbocycles. The Bertz CT molecular complexity index is 962. The van der Waals surface area contributed by atoms with Crippen molar-refractivity contribution in [1.82, 2.24) is 24.4 Å². The number of aromatic nitrogens is 4. The second-order valence-corrected chi connectivity index (χ2v) is 6.88. The van der Waals surface area contributed by atoms with Crippen molar-refractivity contribution in [1.29, 1.82) is 0 Å². The number of rotatable bonds is 3. The number of hydrogen-bond acceptors (Lipinski definition) is 5. The van der Waals surface area contributed by atoms with Gasteiger partial charge in [0.15, 0.2) is 0 Å². The third kappa shape index (κ3) is 3.95. The molecule has 0 radical (unpaired) electrons. The van der Waals surface area contributed by atoms with E-state index in [2.05, 4.69) is 25.2 Å². The lowest BCUT2D eigenvalue weighted by Gasteiger charge is -2.35. The number of amides is 2. The Morgan fingerprint density at radius 2 is 1.82 bits per heavy atom. The minimum absolute atomic E-state index is 0.0665. The maximum Gasteiger partial charge on any atom is 0.321 e. The van der Waals surface area contributed by atoms with Crippen LogP contribution in [0.2, 0.25) is 0 Å². The highest BCUT2D eigenvalue weighted by Crippen LogP contribution is 2.18. The smallest absolute Gasteiger partial charge is 0.321 e. The summed E-state index contributed by atoms with van der Waals surface area (Å²) in [6, 6.07) is 9.71. The van der Waals surface area contributed by atoms with Gasteiger partial charge in [-0.2, -0.15) is 0 Å². The van der Waals surface area contributed by atoms with Crippen LogP contribution in [0.5, 0.6) is 0 Å². The summed E-state index contributed by atoms with van der Waals surface area (Å²) in [6.07, 6.45) is 5.31. The van der Waals surface area contributed by atoms with Crippen LogP contribution in [0, 0.1) is 13.8 Å². The first-order valence-electron chi connectivity index (χ1n) is 9.30. The molecule has 0 bridgehead atoms. The average molecular weight is 377 g/mol. The highest BCUT2D eigenvalue weighted by molar-refractivity contribution is 5.89. The first kappa shape index (κ1) is 18.0. The minimum atomic E-state index is -0.0665. The van der Waals surface area contributed by atoms with Crippen LogP contribution in [0.1, 0.15) is 11.4 Å². The number of nitrogens with zero attached hydrogens (tertiary/aromatic N) is 6. The Morgan fingerprint density at radius 3 is 2.54 bits per heavy atom. The van der Waals surface area contributed by atoms with E-state index in [0.717, 1.165) is 36.0 Å². The highest BCUT2D eigenvalue weighted by Gasteiger charge is 2.22. The summed E-state index contributed by atoms with van der Waals surface area (Å²) in [6.45, 7) is 6.62. The normalized spacial score (nSPS) is 14.2. The van der Waals surface area contributed by atoms with Gasteiger partial charge in [0.2, 0.25) is 0 Å². The van der Waals surface area contributed by atoms with Crippen molar-refractivity contribution in [2.24, 2.45) is 0 Å². The zero-order valence-electron chi connectivity index (χ0n) is 16.0. The Labute approximate surface area is 163 Å². The van der Waals surface area contributed by atoms with Crippen LogP contribution in [0.25, 0.3) is 5.82 Å².